The number of ether oxygens (including phenoxy) is 2. The summed E-state index contributed by atoms with van der Waals surface area (Å²) in [5.74, 6) is 0. The van der Waals surface area contributed by atoms with Gasteiger partial charge in [0.15, 0.2) is 0 Å². The third-order valence-electron chi connectivity index (χ3n) is 5.22. The van der Waals surface area contributed by atoms with Crippen LogP contribution in [0.25, 0.3) is 0 Å². The molecule has 1 saturated heterocycles. The fraction of sp³-hybridized carbons (Fsp3) is 0.667. The van der Waals surface area contributed by atoms with Crippen LogP contribution in [0.15, 0.2) is 30.9 Å². The number of aromatic nitrogens is 4. The summed E-state index contributed by atoms with van der Waals surface area (Å²) < 4.78 is 16.1. The summed E-state index contributed by atoms with van der Waals surface area (Å²) in [7, 11) is 1.97. The largest absolute Gasteiger partial charge is 0.375 e. The van der Waals surface area contributed by atoms with Crippen molar-refractivity contribution in [3.05, 3.63) is 36.4 Å². The molecule has 1 aliphatic heterocycles. The second kappa shape index (κ2) is 7.68. The molecule has 3 atom stereocenters. The topological polar surface area (TPSA) is 57.3 Å². The average molecular weight is 345 g/mol. The van der Waals surface area contributed by atoms with Crippen LogP contribution in [-0.4, -0.2) is 62.5 Å². The normalized spacial score (nSPS) is 26.8. The lowest BCUT2D eigenvalue weighted by Gasteiger charge is -2.38. The lowest BCUT2D eigenvalue weighted by atomic mass is 10.1. The Labute approximate surface area is 148 Å². The summed E-state index contributed by atoms with van der Waals surface area (Å²) in [6.07, 6.45) is 11.5. The van der Waals surface area contributed by atoms with E-state index in [0.717, 1.165) is 52.1 Å². The Balaban J connectivity index is 1.27. The number of morpholine rings is 1. The third-order valence-corrected chi connectivity index (χ3v) is 5.22. The molecule has 1 aliphatic carbocycles. The SMILES string of the molecule is Cn1cc(CN2CCO[C@H]3[C@H](OCCCn4cccn4)CC[C@@H]32)cn1. The monoisotopic (exact) mass is 345 g/mol. The van der Waals surface area contributed by atoms with E-state index in [9.17, 15) is 0 Å². The maximum absolute atomic E-state index is 6.16. The molecule has 0 aromatic carbocycles. The van der Waals surface area contributed by atoms with Crippen molar-refractivity contribution >= 4 is 0 Å². The van der Waals surface area contributed by atoms with E-state index >= 15 is 0 Å². The fourth-order valence-electron chi connectivity index (χ4n) is 4.05. The molecule has 3 heterocycles. The van der Waals surface area contributed by atoms with E-state index in [1.807, 2.05) is 41.1 Å². The van der Waals surface area contributed by atoms with Crippen molar-refractivity contribution in [2.45, 2.75) is 50.6 Å². The van der Waals surface area contributed by atoms with Crippen molar-refractivity contribution in [2.75, 3.05) is 19.8 Å². The van der Waals surface area contributed by atoms with Crippen LogP contribution in [0.1, 0.15) is 24.8 Å². The van der Waals surface area contributed by atoms with Crippen molar-refractivity contribution in [3.8, 4) is 0 Å². The smallest absolute Gasteiger partial charge is 0.0992 e. The van der Waals surface area contributed by atoms with E-state index in [-0.39, 0.29) is 12.2 Å². The Morgan fingerprint density at radius 3 is 3.08 bits per heavy atom. The lowest BCUT2D eigenvalue weighted by Crippen LogP contribution is -2.51. The maximum Gasteiger partial charge on any atom is 0.0992 e. The van der Waals surface area contributed by atoms with E-state index in [2.05, 4.69) is 21.3 Å². The molecule has 0 amide bonds. The summed E-state index contributed by atoms with van der Waals surface area (Å²) in [4.78, 5) is 2.54. The van der Waals surface area contributed by atoms with Crippen LogP contribution < -0.4 is 0 Å². The molecule has 25 heavy (non-hydrogen) atoms. The van der Waals surface area contributed by atoms with Crippen LogP contribution in [-0.2, 0) is 29.6 Å². The summed E-state index contributed by atoms with van der Waals surface area (Å²) in [5, 5.41) is 8.51. The highest BCUT2D eigenvalue weighted by Gasteiger charge is 2.43. The minimum absolute atomic E-state index is 0.204. The summed E-state index contributed by atoms with van der Waals surface area (Å²) in [6.45, 7) is 4.39. The van der Waals surface area contributed by atoms with Crippen molar-refractivity contribution in [3.63, 3.8) is 0 Å². The first kappa shape index (κ1) is 16.8. The van der Waals surface area contributed by atoms with Gasteiger partial charge in [-0.3, -0.25) is 14.3 Å². The van der Waals surface area contributed by atoms with Crippen LogP contribution in [0, 0.1) is 0 Å². The number of hydrogen-bond acceptors (Lipinski definition) is 5. The van der Waals surface area contributed by atoms with Crippen molar-refractivity contribution in [2.24, 2.45) is 7.05 Å². The highest BCUT2D eigenvalue weighted by atomic mass is 16.5. The number of nitrogens with zero attached hydrogens (tertiary/aromatic N) is 5. The summed E-state index contributed by atoms with van der Waals surface area (Å²) in [6, 6.07) is 2.42. The van der Waals surface area contributed by atoms with Gasteiger partial charge in [0.05, 0.1) is 25.0 Å². The molecule has 4 rings (SSSR count). The van der Waals surface area contributed by atoms with Gasteiger partial charge in [0, 0.05) is 63.5 Å². The van der Waals surface area contributed by atoms with Crippen LogP contribution in [0.3, 0.4) is 0 Å². The second-order valence-corrected chi connectivity index (χ2v) is 7.00. The fourth-order valence-corrected chi connectivity index (χ4v) is 4.05. The van der Waals surface area contributed by atoms with Gasteiger partial charge in [0.25, 0.3) is 0 Å². The molecular weight excluding hydrogens is 318 g/mol. The molecular formula is C18H27N5O2. The Morgan fingerprint density at radius 1 is 1.32 bits per heavy atom. The van der Waals surface area contributed by atoms with E-state index in [1.54, 1.807) is 0 Å². The van der Waals surface area contributed by atoms with Gasteiger partial charge < -0.3 is 9.47 Å². The zero-order valence-corrected chi connectivity index (χ0v) is 14.8. The molecule has 0 bridgehead atoms. The van der Waals surface area contributed by atoms with Gasteiger partial charge in [-0.1, -0.05) is 0 Å². The molecule has 1 saturated carbocycles. The molecule has 7 heteroatoms. The molecule has 136 valence electrons. The quantitative estimate of drug-likeness (QED) is 0.711. The highest BCUT2D eigenvalue weighted by Crippen LogP contribution is 2.33. The van der Waals surface area contributed by atoms with Gasteiger partial charge in [-0.15, -0.1) is 0 Å². The van der Waals surface area contributed by atoms with Crippen LogP contribution >= 0.6 is 0 Å². The van der Waals surface area contributed by atoms with Gasteiger partial charge >= 0.3 is 0 Å². The van der Waals surface area contributed by atoms with Crippen molar-refractivity contribution in [1.82, 2.24) is 24.5 Å². The zero-order chi connectivity index (χ0) is 17.1. The van der Waals surface area contributed by atoms with Gasteiger partial charge in [0.1, 0.15) is 0 Å². The Kier molecular flexibility index (Phi) is 5.14. The summed E-state index contributed by atoms with van der Waals surface area (Å²) >= 11 is 0. The molecule has 2 aliphatic rings. The first-order valence-electron chi connectivity index (χ1n) is 9.22. The first-order chi connectivity index (χ1) is 12.3. The Morgan fingerprint density at radius 2 is 2.28 bits per heavy atom. The molecule has 2 fully saturated rings. The Hall–Kier alpha value is -1.70. The molecule has 2 aromatic heterocycles. The zero-order valence-electron chi connectivity index (χ0n) is 14.8. The lowest BCUT2D eigenvalue weighted by molar-refractivity contribution is -0.115. The van der Waals surface area contributed by atoms with Gasteiger partial charge in [-0.2, -0.15) is 10.2 Å². The van der Waals surface area contributed by atoms with E-state index in [1.165, 1.54) is 5.56 Å². The second-order valence-electron chi connectivity index (χ2n) is 7.00. The van der Waals surface area contributed by atoms with Gasteiger partial charge in [0.2, 0.25) is 0 Å². The maximum atomic E-state index is 6.16. The molecule has 0 spiro atoms. The summed E-state index contributed by atoms with van der Waals surface area (Å²) in [5.41, 5.74) is 1.27. The molecule has 0 N–H and O–H groups in total. The first-order valence-corrected chi connectivity index (χ1v) is 9.22. The predicted octanol–water partition coefficient (Wildman–Crippen LogP) is 1.46. The van der Waals surface area contributed by atoms with Crippen LogP contribution in [0.5, 0.6) is 0 Å². The number of fused-ring (bicyclic) bond motifs is 1. The van der Waals surface area contributed by atoms with Crippen LogP contribution in [0.2, 0.25) is 0 Å². The molecule has 2 aromatic rings. The minimum Gasteiger partial charge on any atom is -0.375 e. The van der Waals surface area contributed by atoms with Crippen molar-refractivity contribution in [1.29, 1.82) is 0 Å². The van der Waals surface area contributed by atoms with Gasteiger partial charge in [-0.25, -0.2) is 0 Å². The number of hydrogen-bond donors (Lipinski definition) is 0. The molecule has 0 radical (unpaired) electrons. The van der Waals surface area contributed by atoms with E-state index < -0.39 is 0 Å². The average Bonchev–Trinajstić information content (AvgIpc) is 3.34. The van der Waals surface area contributed by atoms with Crippen molar-refractivity contribution < 1.29 is 9.47 Å². The van der Waals surface area contributed by atoms with Crippen LogP contribution in [0.4, 0.5) is 0 Å². The predicted molar refractivity (Wildman–Crippen MR) is 93.0 cm³/mol. The van der Waals surface area contributed by atoms with Gasteiger partial charge in [-0.05, 0) is 25.3 Å². The van der Waals surface area contributed by atoms with E-state index in [4.69, 9.17) is 9.47 Å². The Bertz CT molecular complexity index is 656. The highest BCUT2D eigenvalue weighted by molar-refractivity contribution is 5.06. The minimum atomic E-state index is 0.204. The standard InChI is InChI=1S/C18H27N5O2/c1-21-13-15(12-20-21)14-22-9-11-25-18-16(22)4-5-17(18)24-10-3-8-23-7-2-6-19-23/h2,6-7,12-13,16-18H,3-5,8-11,14H2,1H3/t16-,17+,18+/m0/s1. The number of rotatable bonds is 7. The van der Waals surface area contributed by atoms with E-state index in [0.29, 0.717) is 6.04 Å². The third kappa shape index (κ3) is 3.94. The molecule has 0 unspecified atom stereocenters. The number of aryl methyl sites for hydroxylation is 2. The molecule has 7 nitrogen and oxygen atoms in total.